The number of fused-ring (bicyclic) bond motifs is 1. The van der Waals surface area contributed by atoms with Crippen molar-refractivity contribution in [2.24, 2.45) is 11.3 Å². The van der Waals surface area contributed by atoms with E-state index in [-0.39, 0.29) is 22.7 Å². The third-order valence-electron chi connectivity index (χ3n) is 5.67. The summed E-state index contributed by atoms with van der Waals surface area (Å²) in [6, 6.07) is 4.25. The lowest BCUT2D eigenvalue weighted by Gasteiger charge is -2.46. The fourth-order valence-corrected chi connectivity index (χ4v) is 4.54. The Morgan fingerprint density at radius 2 is 1.89 bits per heavy atom. The van der Waals surface area contributed by atoms with E-state index in [9.17, 15) is 19.5 Å². The van der Waals surface area contributed by atoms with Crippen LogP contribution in [-0.4, -0.2) is 36.1 Å². The number of carbonyl (C=O) groups is 3. The number of hydrogen-bond acceptors (Lipinski definition) is 6. The molecule has 4 N–H and O–H groups in total. The molecule has 0 radical (unpaired) electrons. The van der Waals surface area contributed by atoms with Crippen LogP contribution in [-0.2, 0) is 9.59 Å². The van der Waals surface area contributed by atoms with Crippen LogP contribution < -0.4 is 20.7 Å². The molecule has 0 saturated carbocycles. The van der Waals surface area contributed by atoms with Crippen molar-refractivity contribution in [3.63, 3.8) is 0 Å². The van der Waals surface area contributed by atoms with Crippen molar-refractivity contribution in [2.75, 3.05) is 7.11 Å². The number of rotatable bonds is 2. The van der Waals surface area contributed by atoms with E-state index in [1.165, 1.54) is 13.2 Å². The highest BCUT2D eigenvalue weighted by Gasteiger charge is 2.51. The minimum atomic E-state index is -0.698. The maximum absolute atomic E-state index is 13.1. The number of phenolic OH excluding ortho intramolecular Hbond substituents is 1. The Morgan fingerprint density at radius 1 is 1.14 bits per heavy atom. The SMILES string of the molecule is COc1cc(C2C3=C(CC(C)(C)CC3=O)NC3NC(=O)NC(=O)C32)ccc1O. The van der Waals surface area contributed by atoms with Crippen LogP contribution in [0.5, 0.6) is 11.5 Å². The van der Waals surface area contributed by atoms with Crippen LogP contribution in [0.4, 0.5) is 4.79 Å². The van der Waals surface area contributed by atoms with Gasteiger partial charge in [0.1, 0.15) is 6.17 Å². The summed E-state index contributed by atoms with van der Waals surface area (Å²) in [5, 5.41) is 18.2. The van der Waals surface area contributed by atoms with E-state index in [0.717, 1.165) is 5.70 Å². The fraction of sp³-hybridized carbons (Fsp3) is 0.450. The monoisotopic (exact) mass is 385 g/mol. The Labute approximate surface area is 162 Å². The number of ether oxygens (including phenoxy) is 1. The van der Waals surface area contributed by atoms with E-state index in [1.54, 1.807) is 12.1 Å². The molecule has 3 unspecified atom stereocenters. The number of imide groups is 1. The normalized spacial score (nSPS) is 28.5. The van der Waals surface area contributed by atoms with Crippen molar-refractivity contribution in [1.29, 1.82) is 0 Å². The third kappa shape index (κ3) is 2.89. The average molecular weight is 385 g/mol. The second-order valence-electron chi connectivity index (χ2n) is 8.35. The molecule has 0 aromatic heterocycles. The first-order valence-electron chi connectivity index (χ1n) is 9.21. The smallest absolute Gasteiger partial charge is 0.323 e. The van der Waals surface area contributed by atoms with Gasteiger partial charge in [0.05, 0.1) is 13.0 Å². The topological polar surface area (TPSA) is 117 Å². The van der Waals surface area contributed by atoms with Gasteiger partial charge in [-0.15, -0.1) is 0 Å². The molecule has 0 bridgehead atoms. The number of hydrogen-bond donors (Lipinski definition) is 4. The molecular weight excluding hydrogens is 362 g/mol. The summed E-state index contributed by atoms with van der Waals surface area (Å²) in [7, 11) is 1.44. The molecule has 4 rings (SSSR count). The molecule has 1 aromatic rings. The Hall–Kier alpha value is -3.03. The Kier molecular flexibility index (Phi) is 4.10. The van der Waals surface area contributed by atoms with E-state index in [4.69, 9.17) is 4.74 Å². The maximum Gasteiger partial charge on any atom is 0.323 e. The highest BCUT2D eigenvalue weighted by atomic mass is 16.5. The first-order chi connectivity index (χ1) is 13.2. The van der Waals surface area contributed by atoms with E-state index in [0.29, 0.717) is 24.0 Å². The van der Waals surface area contributed by atoms with Crippen LogP contribution in [0, 0.1) is 11.3 Å². The molecule has 3 amide bonds. The lowest BCUT2D eigenvalue weighted by Crippen LogP contribution is -2.66. The van der Waals surface area contributed by atoms with Gasteiger partial charge < -0.3 is 20.5 Å². The molecule has 148 valence electrons. The minimum Gasteiger partial charge on any atom is -0.504 e. The number of benzene rings is 1. The number of urea groups is 1. The number of Topliss-reactive ketones (excluding diaryl/α,β-unsaturated/α-hetero) is 1. The van der Waals surface area contributed by atoms with Crippen LogP contribution in [0.1, 0.15) is 38.2 Å². The molecular formula is C20H23N3O5. The van der Waals surface area contributed by atoms with Crippen molar-refractivity contribution in [2.45, 2.75) is 38.8 Å². The fourth-order valence-electron chi connectivity index (χ4n) is 4.54. The van der Waals surface area contributed by atoms with Crippen LogP contribution >= 0.6 is 0 Å². The molecule has 2 heterocycles. The average Bonchev–Trinajstić information content (AvgIpc) is 2.59. The lowest BCUT2D eigenvalue weighted by atomic mass is 9.66. The van der Waals surface area contributed by atoms with E-state index in [1.807, 2.05) is 13.8 Å². The third-order valence-corrected chi connectivity index (χ3v) is 5.67. The van der Waals surface area contributed by atoms with E-state index >= 15 is 0 Å². The zero-order valence-electron chi connectivity index (χ0n) is 16.0. The van der Waals surface area contributed by atoms with Crippen LogP contribution in [0.2, 0.25) is 0 Å². The molecule has 8 heteroatoms. The van der Waals surface area contributed by atoms with Gasteiger partial charge in [-0.25, -0.2) is 4.79 Å². The minimum absolute atomic E-state index is 0.0149. The summed E-state index contributed by atoms with van der Waals surface area (Å²) in [6.07, 6.45) is 0.400. The summed E-state index contributed by atoms with van der Waals surface area (Å²) < 4.78 is 5.22. The number of phenols is 1. The van der Waals surface area contributed by atoms with Crippen molar-refractivity contribution >= 4 is 17.7 Å². The van der Waals surface area contributed by atoms with Crippen LogP contribution in [0.15, 0.2) is 29.5 Å². The molecule has 1 aliphatic carbocycles. The predicted octanol–water partition coefficient (Wildman–Crippen LogP) is 1.51. The molecule has 8 nitrogen and oxygen atoms in total. The van der Waals surface area contributed by atoms with Gasteiger partial charge in [-0.3, -0.25) is 14.9 Å². The number of carbonyl (C=O) groups excluding carboxylic acids is 3. The number of methoxy groups -OCH3 is 1. The van der Waals surface area contributed by atoms with Gasteiger partial charge in [0.2, 0.25) is 5.91 Å². The maximum atomic E-state index is 13.1. The number of ketones is 1. The first-order valence-corrected chi connectivity index (χ1v) is 9.21. The van der Waals surface area contributed by atoms with E-state index < -0.39 is 29.9 Å². The van der Waals surface area contributed by atoms with Gasteiger partial charge in [-0.2, -0.15) is 0 Å². The van der Waals surface area contributed by atoms with Crippen LogP contribution in [0.3, 0.4) is 0 Å². The second kappa shape index (κ2) is 6.25. The molecule has 1 aromatic carbocycles. The lowest BCUT2D eigenvalue weighted by molar-refractivity contribution is -0.127. The Bertz CT molecular complexity index is 920. The molecule has 3 atom stereocenters. The number of nitrogens with one attached hydrogen (secondary N) is 3. The summed E-state index contributed by atoms with van der Waals surface area (Å²) in [5.41, 5.74) is 1.79. The zero-order valence-corrected chi connectivity index (χ0v) is 16.0. The van der Waals surface area contributed by atoms with E-state index in [2.05, 4.69) is 16.0 Å². The Morgan fingerprint density at radius 3 is 2.61 bits per heavy atom. The number of aromatic hydroxyl groups is 1. The summed E-state index contributed by atoms with van der Waals surface area (Å²) in [6.45, 7) is 4.04. The quantitative estimate of drug-likeness (QED) is 0.613. The second-order valence-corrected chi connectivity index (χ2v) is 8.35. The molecule has 2 aliphatic heterocycles. The molecule has 0 spiro atoms. The summed E-state index contributed by atoms with van der Waals surface area (Å²) in [4.78, 5) is 37.7. The predicted molar refractivity (Wildman–Crippen MR) is 99.5 cm³/mol. The van der Waals surface area contributed by atoms with Crippen molar-refractivity contribution in [1.82, 2.24) is 16.0 Å². The molecule has 28 heavy (non-hydrogen) atoms. The highest BCUT2D eigenvalue weighted by Crippen LogP contribution is 2.48. The first kappa shape index (κ1) is 18.3. The van der Waals surface area contributed by atoms with Gasteiger partial charge >= 0.3 is 6.03 Å². The van der Waals surface area contributed by atoms with Gasteiger partial charge in [0, 0.05) is 23.6 Å². The van der Waals surface area contributed by atoms with Gasteiger partial charge in [-0.05, 0) is 29.5 Å². The molecule has 3 aliphatic rings. The zero-order chi connectivity index (χ0) is 20.2. The van der Waals surface area contributed by atoms with Gasteiger partial charge in [0.15, 0.2) is 17.3 Å². The summed E-state index contributed by atoms with van der Waals surface area (Å²) in [5.74, 6) is -1.47. The van der Waals surface area contributed by atoms with Gasteiger partial charge in [0.25, 0.3) is 0 Å². The standard InChI is InChI=1S/C20H23N3O5/c1-20(2)7-10-15(12(25)8-20)14(9-4-5-11(24)13(6-9)28-3)16-17(21-10)22-19(27)23-18(16)26/h4-6,14,16-17,21,24H,7-8H2,1-3H3,(H2,22,23,26,27). The summed E-state index contributed by atoms with van der Waals surface area (Å²) >= 11 is 0. The van der Waals surface area contributed by atoms with Crippen molar-refractivity contribution < 1.29 is 24.2 Å². The van der Waals surface area contributed by atoms with Crippen molar-refractivity contribution in [3.8, 4) is 11.5 Å². The highest BCUT2D eigenvalue weighted by molar-refractivity contribution is 6.04. The number of amides is 3. The molecule has 1 saturated heterocycles. The Balaban J connectivity index is 1.89. The van der Waals surface area contributed by atoms with Crippen LogP contribution in [0.25, 0.3) is 0 Å². The number of allylic oxidation sites excluding steroid dienone is 2. The molecule has 1 fully saturated rings. The largest absolute Gasteiger partial charge is 0.504 e. The van der Waals surface area contributed by atoms with Gasteiger partial charge in [-0.1, -0.05) is 19.9 Å². The van der Waals surface area contributed by atoms with Crippen molar-refractivity contribution in [3.05, 3.63) is 35.0 Å².